The smallest absolute Gasteiger partial charge is 0.00922 e. The minimum Gasteiger partial charge on any atom is -0.303 e. The molecule has 0 unspecified atom stereocenters. The minimum absolute atomic E-state index is 0.839. The van der Waals surface area contributed by atoms with Crippen LogP contribution in [-0.4, -0.2) is 24.5 Å². The highest BCUT2D eigenvalue weighted by Gasteiger charge is 2.15. The lowest BCUT2D eigenvalue weighted by Crippen LogP contribution is -2.33. The van der Waals surface area contributed by atoms with Crippen LogP contribution in [0.3, 0.4) is 0 Å². The van der Waals surface area contributed by atoms with Crippen LogP contribution in [-0.2, 0) is 0 Å². The zero-order valence-corrected chi connectivity index (χ0v) is 6.97. The molecule has 10 heavy (non-hydrogen) atoms. The molecule has 1 nitrogen and oxygen atoms in total. The molecule has 0 amide bonds. The summed E-state index contributed by atoms with van der Waals surface area (Å²) in [5.74, 6) is 0. The van der Waals surface area contributed by atoms with Gasteiger partial charge in [-0.05, 0) is 33.4 Å². The minimum atomic E-state index is 0.839. The molecule has 1 aliphatic carbocycles. The molecule has 0 atom stereocenters. The molecule has 0 saturated heterocycles. The second-order valence-electron chi connectivity index (χ2n) is 3.27. The summed E-state index contributed by atoms with van der Waals surface area (Å²) < 4.78 is 0. The highest BCUT2D eigenvalue weighted by molar-refractivity contribution is 4.73. The normalized spacial score (nSPS) is 21.9. The molecule has 0 heterocycles. The van der Waals surface area contributed by atoms with Crippen molar-refractivity contribution in [1.82, 2.24) is 4.90 Å². The highest BCUT2D eigenvalue weighted by Crippen LogP contribution is 2.20. The molecule has 0 aromatic rings. The first-order valence-electron chi connectivity index (χ1n) is 4.34. The first-order valence-corrected chi connectivity index (χ1v) is 4.34. The van der Waals surface area contributed by atoms with Gasteiger partial charge in [0.2, 0.25) is 0 Å². The topological polar surface area (TPSA) is 3.24 Å². The van der Waals surface area contributed by atoms with Crippen LogP contribution in [0.25, 0.3) is 0 Å². The van der Waals surface area contributed by atoms with E-state index in [0.717, 1.165) is 12.6 Å². The van der Waals surface area contributed by atoms with E-state index in [4.69, 9.17) is 0 Å². The third-order valence-corrected chi connectivity index (χ3v) is 2.55. The van der Waals surface area contributed by atoms with E-state index >= 15 is 0 Å². The van der Waals surface area contributed by atoms with Crippen LogP contribution in [0.4, 0.5) is 0 Å². The van der Waals surface area contributed by atoms with E-state index < -0.39 is 0 Å². The molecular formula is C9H18N. The van der Waals surface area contributed by atoms with Crippen LogP contribution >= 0.6 is 0 Å². The van der Waals surface area contributed by atoms with E-state index in [-0.39, 0.29) is 0 Å². The van der Waals surface area contributed by atoms with E-state index in [1.54, 1.807) is 0 Å². The molecule has 0 aromatic heterocycles. The fourth-order valence-corrected chi connectivity index (χ4v) is 1.70. The monoisotopic (exact) mass is 140 g/mol. The Morgan fingerprint density at radius 1 is 1.30 bits per heavy atom. The van der Waals surface area contributed by atoms with Gasteiger partial charge in [0.05, 0.1) is 0 Å². The zero-order chi connectivity index (χ0) is 7.40. The van der Waals surface area contributed by atoms with Crippen LogP contribution in [0.1, 0.15) is 32.1 Å². The van der Waals surface area contributed by atoms with Crippen LogP contribution in [0.5, 0.6) is 0 Å². The second kappa shape index (κ2) is 3.97. The Morgan fingerprint density at radius 2 is 1.90 bits per heavy atom. The molecule has 0 aliphatic heterocycles. The molecule has 1 heteroatoms. The standard InChI is InChI=1S/C9H18N/c1-3-10(2)9-7-5-4-6-8-9/h9H,1,3-8H2,2H3. The third-order valence-electron chi connectivity index (χ3n) is 2.55. The van der Waals surface area contributed by atoms with Crippen molar-refractivity contribution >= 4 is 0 Å². The van der Waals surface area contributed by atoms with Crippen LogP contribution in [0, 0.1) is 6.92 Å². The zero-order valence-electron chi connectivity index (χ0n) is 6.97. The molecule has 59 valence electrons. The largest absolute Gasteiger partial charge is 0.303 e. The number of hydrogen-bond donors (Lipinski definition) is 0. The first-order chi connectivity index (χ1) is 4.84. The van der Waals surface area contributed by atoms with Gasteiger partial charge in [0.25, 0.3) is 0 Å². The lowest BCUT2D eigenvalue weighted by molar-refractivity contribution is 0.208. The summed E-state index contributed by atoms with van der Waals surface area (Å²) in [6, 6.07) is 0.839. The maximum Gasteiger partial charge on any atom is 0.00922 e. The lowest BCUT2D eigenvalue weighted by atomic mass is 9.95. The average molecular weight is 140 g/mol. The Labute approximate surface area is 64.4 Å². The summed E-state index contributed by atoms with van der Waals surface area (Å²) in [5, 5.41) is 0. The molecule has 0 N–H and O–H groups in total. The Kier molecular flexibility index (Phi) is 3.20. The van der Waals surface area contributed by atoms with Crippen molar-refractivity contribution in [1.29, 1.82) is 0 Å². The lowest BCUT2D eigenvalue weighted by Gasteiger charge is -2.29. The summed E-state index contributed by atoms with van der Waals surface area (Å²) >= 11 is 0. The van der Waals surface area contributed by atoms with Crippen LogP contribution in [0.15, 0.2) is 0 Å². The number of rotatable bonds is 2. The van der Waals surface area contributed by atoms with Gasteiger partial charge >= 0.3 is 0 Å². The second-order valence-corrected chi connectivity index (χ2v) is 3.27. The summed E-state index contributed by atoms with van der Waals surface area (Å²) in [5.41, 5.74) is 0. The highest BCUT2D eigenvalue weighted by atomic mass is 15.1. The molecule has 1 radical (unpaired) electrons. The van der Waals surface area contributed by atoms with Crippen molar-refractivity contribution in [2.24, 2.45) is 0 Å². The Morgan fingerprint density at radius 3 is 2.40 bits per heavy atom. The Bertz CT molecular complexity index is 84.7. The van der Waals surface area contributed by atoms with Crippen molar-refractivity contribution in [2.75, 3.05) is 13.6 Å². The summed E-state index contributed by atoms with van der Waals surface area (Å²) in [6.45, 7) is 4.85. The molecule has 1 rings (SSSR count). The van der Waals surface area contributed by atoms with Gasteiger partial charge in [-0.15, -0.1) is 0 Å². The van der Waals surface area contributed by atoms with Crippen LogP contribution in [0.2, 0.25) is 0 Å². The van der Waals surface area contributed by atoms with Gasteiger partial charge < -0.3 is 4.90 Å². The van der Waals surface area contributed by atoms with Gasteiger partial charge in [-0.25, -0.2) is 0 Å². The van der Waals surface area contributed by atoms with Gasteiger partial charge in [-0.2, -0.15) is 0 Å². The van der Waals surface area contributed by atoms with Gasteiger partial charge in [0.1, 0.15) is 0 Å². The van der Waals surface area contributed by atoms with E-state index in [9.17, 15) is 0 Å². The predicted octanol–water partition coefficient (Wildman–Crippen LogP) is 2.08. The Balaban J connectivity index is 2.24. The first kappa shape index (κ1) is 8.06. The van der Waals surface area contributed by atoms with Crippen molar-refractivity contribution in [3.8, 4) is 0 Å². The van der Waals surface area contributed by atoms with Crippen molar-refractivity contribution in [3.05, 3.63) is 6.92 Å². The maximum absolute atomic E-state index is 3.89. The molecule has 0 aromatic carbocycles. The molecule has 0 spiro atoms. The van der Waals surface area contributed by atoms with Crippen molar-refractivity contribution in [2.45, 2.75) is 38.1 Å². The van der Waals surface area contributed by atoms with E-state index in [1.165, 1.54) is 32.1 Å². The van der Waals surface area contributed by atoms with E-state index in [2.05, 4.69) is 18.9 Å². The van der Waals surface area contributed by atoms with Crippen molar-refractivity contribution < 1.29 is 0 Å². The molecule has 1 fully saturated rings. The van der Waals surface area contributed by atoms with Gasteiger partial charge in [0, 0.05) is 6.04 Å². The van der Waals surface area contributed by atoms with Gasteiger partial charge in [0.15, 0.2) is 0 Å². The predicted molar refractivity (Wildman–Crippen MR) is 44.9 cm³/mol. The summed E-state index contributed by atoms with van der Waals surface area (Å²) in [6.07, 6.45) is 7.09. The summed E-state index contributed by atoms with van der Waals surface area (Å²) in [4.78, 5) is 2.37. The van der Waals surface area contributed by atoms with E-state index in [1.807, 2.05) is 0 Å². The van der Waals surface area contributed by atoms with Crippen molar-refractivity contribution in [3.63, 3.8) is 0 Å². The maximum atomic E-state index is 3.89. The van der Waals surface area contributed by atoms with E-state index in [0.29, 0.717) is 0 Å². The quantitative estimate of drug-likeness (QED) is 0.567. The summed E-state index contributed by atoms with van der Waals surface area (Å²) in [7, 11) is 2.18. The molecule has 0 bridgehead atoms. The Hall–Kier alpha value is -0.0400. The molecule has 1 saturated carbocycles. The average Bonchev–Trinajstić information content (AvgIpc) is 2.05. The third kappa shape index (κ3) is 1.98. The number of nitrogens with zero attached hydrogens (tertiary/aromatic N) is 1. The molecular weight excluding hydrogens is 122 g/mol. The fraction of sp³-hybridized carbons (Fsp3) is 0.889. The number of hydrogen-bond acceptors (Lipinski definition) is 1. The van der Waals surface area contributed by atoms with Crippen LogP contribution < -0.4 is 0 Å². The SMILES string of the molecule is [CH2]CN(C)C1CCCCC1. The fourth-order valence-electron chi connectivity index (χ4n) is 1.70. The van der Waals surface area contributed by atoms with Gasteiger partial charge in [-0.3, -0.25) is 0 Å². The van der Waals surface area contributed by atoms with Gasteiger partial charge in [-0.1, -0.05) is 19.3 Å². The molecule has 1 aliphatic rings.